The van der Waals surface area contributed by atoms with Crippen LogP contribution in [-0.4, -0.2) is 34.0 Å². The van der Waals surface area contributed by atoms with Crippen LogP contribution in [0.25, 0.3) is 0 Å². The fourth-order valence-corrected chi connectivity index (χ4v) is 3.38. The number of carboxylic acids is 1. The Bertz CT molecular complexity index is 529. The molecule has 21 heavy (non-hydrogen) atoms. The number of carbonyl (C=O) groups is 2. The maximum Gasteiger partial charge on any atom is 0.329 e. The van der Waals surface area contributed by atoms with Gasteiger partial charge in [0.05, 0.1) is 6.42 Å². The number of rotatable bonds is 5. The van der Waals surface area contributed by atoms with Gasteiger partial charge in [-0.05, 0) is 37.0 Å². The van der Waals surface area contributed by atoms with E-state index in [0.717, 1.165) is 22.9 Å². The summed E-state index contributed by atoms with van der Waals surface area (Å²) in [5, 5.41) is 9.62. The first kappa shape index (κ1) is 16.0. The van der Waals surface area contributed by atoms with E-state index in [-0.39, 0.29) is 12.3 Å². The molecule has 0 saturated carbocycles. The highest BCUT2D eigenvalue weighted by molar-refractivity contribution is 9.10. The Morgan fingerprint density at radius 1 is 1.33 bits per heavy atom. The van der Waals surface area contributed by atoms with Crippen LogP contribution in [0.4, 0.5) is 0 Å². The summed E-state index contributed by atoms with van der Waals surface area (Å²) in [6.07, 6.45) is 2.86. The van der Waals surface area contributed by atoms with Crippen LogP contribution < -0.4 is 0 Å². The van der Waals surface area contributed by atoms with Crippen LogP contribution in [0.3, 0.4) is 0 Å². The van der Waals surface area contributed by atoms with Gasteiger partial charge in [-0.25, -0.2) is 4.79 Å². The lowest BCUT2D eigenvalue weighted by Gasteiger charge is -2.34. The number of nitrogens with zero attached hydrogens (tertiary/aromatic N) is 1. The standard InChI is InChI=1S/C16H20BrNO3/c1-2-8-16(15(20)21)9-3-10-18(16)14(19)11-12-4-6-13(17)7-5-12/h4-7H,2-3,8-11H2,1H3,(H,20,21). The predicted octanol–water partition coefficient (Wildman–Crippen LogP) is 3.24. The van der Waals surface area contributed by atoms with Crippen LogP contribution >= 0.6 is 15.9 Å². The van der Waals surface area contributed by atoms with E-state index in [1.807, 2.05) is 31.2 Å². The van der Waals surface area contributed by atoms with Crippen molar-refractivity contribution in [1.82, 2.24) is 4.90 Å². The maximum atomic E-state index is 12.5. The molecule has 0 aromatic heterocycles. The number of halogens is 1. The quantitative estimate of drug-likeness (QED) is 0.883. The monoisotopic (exact) mass is 353 g/mol. The van der Waals surface area contributed by atoms with Crippen molar-refractivity contribution in [3.8, 4) is 0 Å². The molecule has 1 aromatic carbocycles. The molecule has 0 spiro atoms. The van der Waals surface area contributed by atoms with Crippen LogP contribution in [0.5, 0.6) is 0 Å². The van der Waals surface area contributed by atoms with Gasteiger partial charge in [0, 0.05) is 11.0 Å². The molecule has 0 radical (unpaired) electrons. The lowest BCUT2D eigenvalue weighted by atomic mass is 9.90. The fraction of sp³-hybridized carbons (Fsp3) is 0.500. The van der Waals surface area contributed by atoms with E-state index >= 15 is 0 Å². The molecule has 4 nitrogen and oxygen atoms in total. The zero-order chi connectivity index (χ0) is 15.5. The largest absolute Gasteiger partial charge is 0.479 e. The minimum atomic E-state index is -0.999. The molecule has 1 unspecified atom stereocenters. The highest BCUT2D eigenvalue weighted by Crippen LogP contribution is 2.34. The van der Waals surface area contributed by atoms with E-state index in [9.17, 15) is 14.7 Å². The molecular weight excluding hydrogens is 334 g/mol. The normalized spacial score (nSPS) is 21.5. The highest BCUT2D eigenvalue weighted by Gasteiger charge is 2.48. The van der Waals surface area contributed by atoms with E-state index in [4.69, 9.17) is 0 Å². The summed E-state index contributed by atoms with van der Waals surface area (Å²) in [4.78, 5) is 25.9. The Kier molecular flexibility index (Phi) is 5.04. The van der Waals surface area contributed by atoms with Crippen LogP contribution in [-0.2, 0) is 16.0 Å². The second kappa shape index (κ2) is 6.60. The first-order valence-corrected chi connectivity index (χ1v) is 8.07. The number of carbonyl (C=O) groups excluding carboxylic acids is 1. The van der Waals surface area contributed by atoms with Gasteiger partial charge in [-0.3, -0.25) is 4.79 Å². The summed E-state index contributed by atoms with van der Waals surface area (Å²) in [6, 6.07) is 7.56. The lowest BCUT2D eigenvalue weighted by Crippen LogP contribution is -2.53. The third-order valence-corrected chi connectivity index (χ3v) is 4.65. The Morgan fingerprint density at radius 3 is 2.57 bits per heavy atom. The lowest BCUT2D eigenvalue weighted by molar-refractivity contribution is -0.156. The molecule has 1 atom stereocenters. The van der Waals surface area contributed by atoms with Gasteiger partial charge < -0.3 is 10.0 Å². The fourth-order valence-electron chi connectivity index (χ4n) is 3.12. The number of hydrogen-bond acceptors (Lipinski definition) is 2. The Morgan fingerprint density at radius 2 is 2.00 bits per heavy atom. The molecule has 0 aliphatic carbocycles. The second-order valence-corrected chi connectivity index (χ2v) is 6.45. The van der Waals surface area contributed by atoms with Crippen molar-refractivity contribution in [2.24, 2.45) is 0 Å². The Labute approximate surface area is 133 Å². The number of benzene rings is 1. The number of aliphatic carboxylic acids is 1. The summed E-state index contributed by atoms with van der Waals surface area (Å²) in [6.45, 7) is 2.50. The molecular formula is C16H20BrNO3. The van der Waals surface area contributed by atoms with Gasteiger partial charge in [0.15, 0.2) is 0 Å². The first-order chi connectivity index (χ1) is 9.99. The Balaban J connectivity index is 2.16. The highest BCUT2D eigenvalue weighted by atomic mass is 79.9. The molecule has 2 rings (SSSR count). The molecule has 1 saturated heterocycles. The molecule has 1 aliphatic rings. The molecule has 0 bridgehead atoms. The van der Waals surface area contributed by atoms with Gasteiger partial charge in [0.2, 0.25) is 5.91 Å². The van der Waals surface area contributed by atoms with Crippen molar-refractivity contribution >= 4 is 27.8 Å². The summed E-state index contributed by atoms with van der Waals surface area (Å²) in [5.41, 5.74) is -0.0906. The van der Waals surface area contributed by atoms with Crippen LogP contribution in [0, 0.1) is 0 Å². The van der Waals surface area contributed by atoms with Crippen LogP contribution in [0.2, 0.25) is 0 Å². The van der Waals surface area contributed by atoms with Crippen molar-refractivity contribution in [3.05, 3.63) is 34.3 Å². The summed E-state index contributed by atoms with van der Waals surface area (Å²) >= 11 is 3.36. The Hall–Kier alpha value is -1.36. The molecule has 5 heteroatoms. The number of hydrogen-bond donors (Lipinski definition) is 1. The second-order valence-electron chi connectivity index (χ2n) is 5.54. The summed E-state index contributed by atoms with van der Waals surface area (Å²) in [7, 11) is 0. The number of likely N-dealkylation sites (tertiary alicyclic amines) is 1. The zero-order valence-electron chi connectivity index (χ0n) is 12.1. The van der Waals surface area contributed by atoms with Crippen molar-refractivity contribution in [2.75, 3.05) is 6.54 Å². The minimum absolute atomic E-state index is 0.0920. The average Bonchev–Trinajstić information content (AvgIpc) is 2.87. The zero-order valence-corrected chi connectivity index (χ0v) is 13.7. The van der Waals surface area contributed by atoms with Crippen LogP contribution in [0.15, 0.2) is 28.7 Å². The minimum Gasteiger partial charge on any atom is -0.479 e. The van der Waals surface area contributed by atoms with Gasteiger partial charge in [-0.15, -0.1) is 0 Å². The van der Waals surface area contributed by atoms with Gasteiger partial charge in [0.25, 0.3) is 0 Å². The summed E-state index contributed by atoms with van der Waals surface area (Å²) in [5.74, 6) is -0.961. The number of amides is 1. The van der Waals surface area contributed by atoms with Gasteiger partial charge in [0.1, 0.15) is 5.54 Å². The van der Waals surface area contributed by atoms with Gasteiger partial charge >= 0.3 is 5.97 Å². The maximum absolute atomic E-state index is 12.5. The summed E-state index contributed by atoms with van der Waals surface area (Å²) < 4.78 is 0.964. The van der Waals surface area contributed by atoms with Crippen molar-refractivity contribution < 1.29 is 14.7 Å². The predicted molar refractivity (Wildman–Crippen MR) is 84.1 cm³/mol. The molecule has 1 aliphatic heterocycles. The van der Waals surface area contributed by atoms with E-state index in [2.05, 4.69) is 15.9 Å². The van der Waals surface area contributed by atoms with E-state index in [1.165, 1.54) is 0 Å². The smallest absolute Gasteiger partial charge is 0.329 e. The van der Waals surface area contributed by atoms with Crippen molar-refractivity contribution in [3.63, 3.8) is 0 Å². The van der Waals surface area contributed by atoms with Crippen molar-refractivity contribution in [2.45, 2.75) is 44.6 Å². The third kappa shape index (κ3) is 3.28. The first-order valence-electron chi connectivity index (χ1n) is 7.28. The van der Waals surface area contributed by atoms with E-state index in [0.29, 0.717) is 19.4 Å². The van der Waals surface area contributed by atoms with Crippen LogP contribution in [0.1, 0.15) is 38.2 Å². The third-order valence-electron chi connectivity index (χ3n) is 4.12. The molecule has 1 amide bonds. The molecule has 1 aromatic rings. The van der Waals surface area contributed by atoms with Gasteiger partial charge in [-0.1, -0.05) is 41.4 Å². The topological polar surface area (TPSA) is 57.6 Å². The molecule has 1 fully saturated rings. The molecule has 114 valence electrons. The van der Waals surface area contributed by atoms with Gasteiger partial charge in [-0.2, -0.15) is 0 Å². The van der Waals surface area contributed by atoms with Crippen molar-refractivity contribution in [1.29, 1.82) is 0 Å². The average molecular weight is 354 g/mol. The molecule has 1 heterocycles. The van der Waals surface area contributed by atoms with E-state index < -0.39 is 11.5 Å². The molecule has 1 N–H and O–H groups in total. The number of carboxylic acid groups (broad SMARTS) is 1. The van der Waals surface area contributed by atoms with E-state index in [1.54, 1.807) is 4.90 Å². The SMILES string of the molecule is CCCC1(C(=O)O)CCCN1C(=O)Cc1ccc(Br)cc1.